The molecule has 1 fully saturated rings. The van der Waals surface area contributed by atoms with Crippen molar-refractivity contribution < 1.29 is 33.3 Å². The number of carbonyl (C=O) groups is 2. The predicted molar refractivity (Wildman–Crippen MR) is 118 cm³/mol. The van der Waals surface area contributed by atoms with Crippen molar-refractivity contribution in [1.82, 2.24) is 4.90 Å². The smallest absolute Gasteiger partial charge is 0.308 e. The van der Waals surface area contributed by atoms with Gasteiger partial charge < -0.3 is 24.2 Å². The van der Waals surface area contributed by atoms with Gasteiger partial charge in [0.25, 0.3) is 5.91 Å². The molecule has 2 aliphatic rings. The van der Waals surface area contributed by atoms with Crippen LogP contribution in [0.3, 0.4) is 0 Å². The monoisotopic (exact) mass is 457 g/mol. The average Bonchev–Trinajstić information content (AvgIpc) is 3.13. The number of halogens is 1. The maximum atomic E-state index is 14.2. The largest absolute Gasteiger partial charge is 0.505 e. The standard InChI is InChI=1S/C25H28FNO6/c1-31-22(29)11-12-32-19-3-2-4-20(13-19)33-18-8-5-16(6-9-18)14-27-15-17-7-10-21(28)24(26)23(17)25(27)30/h2-4,7,10,13,16,18,28H,5-6,8-9,11-12,14-15H2,1H3. The SMILES string of the molecule is COC(=O)CCOc1cccc(OC2CCC(CN3Cc4ccc(O)c(F)c4C3=O)CC2)c1. The summed E-state index contributed by atoms with van der Waals surface area (Å²) in [6.07, 6.45) is 3.81. The van der Waals surface area contributed by atoms with E-state index in [0.29, 0.717) is 30.3 Å². The lowest BCUT2D eigenvalue weighted by atomic mass is 9.87. The fourth-order valence-electron chi connectivity index (χ4n) is 4.48. The number of fused-ring (bicyclic) bond motifs is 1. The van der Waals surface area contributed by atoms with E-state index >= 15 is 0 Å². The average molecular weight is 457 g/mol. The normalized spacial score (nSPS) is 19.8. The minimum Gasteiger partial charge on any atom is -0.505 e. The minimum absolute atomic E-state index is 0.000654. The molecule has 1 N–H and O–H groups in total. The zero-order chi connectivity index (χ0) is 23.4. The molecule has 2 aromatic rings. The molecule has 1 aliphatic heterocycles. The van der Waals surface area contributed by atoms with E-state index in [1.165, 1.54) is 13.2 Å². The Balaban J connectivity index is 1.25. The second kappa shape index (κ2) is 10.1. The molecule has 2 aromatic carbocycles. The van der Waals surface area contributed by atoms with Crippen molar-refractivity contribution in [1.29, 1.82) is 0 Å². The molecule has 0 atom stereocenters. The number of methoxy groups -OCH3 is 1. The van der Waals surface area contributed by atoms with Crippen molar-refractivity contribution in [2.24, 2.45) is 5.92 Å². The van der Waals surface area contributed by atoms with E-state index in [1.54, 1.807) is 11.0 Å². The lowest BCUT2D eigenvalue weighted by Gasteiger charge is -2.31. The van der Waals surface area contributed by atoms with Gasteiger partial charge in [0.2, 0.25) is 0 Å². The van der Waals surface area contributed by atoms with Crippen molar-refractivity contribution in [3.63, 3.8) is 0 Å². The number of carbonyl (C=O) groups excluding carboxylic acids is 2. The maximum Gasteiger partial charge on any atom is 0.308 e. The third-order valence-corrected chi connectivity index (χ3v) is 6.25. The Morgan fingerprint density at radius 2 is 1.91 bits per heavy atom. The molecule has 1 aliphatic carbocycles. The van der Waals surface area contributed by atoms with E-state index in [1.807, 2.05) is 24.3 Å². The van der Waals surface area contributed by atoms with Gasteiger partial charge in [-0.05, 0) is 55.4 Å². The molecule has 0 bridgehead atoms. The van der Waals surface area contributed by atoms with Gasteiger partial charge >= 0.3 is 5.97 Å². The van der Waals surface area contributed by atoms with Gasteiger partial charge in [-0.1, -0.05) is 12.1 Å². The first-order valence-electron chi connectivity index (χ1n) is 11.2. The molecule has 33 heavy (non-hydrogen) atoms. The summed E-state index contributed by atoms with van der Waals surface area (Å²) < 4.78 is 30.5. The Bertz CT molecular complexity index is 1020. The summed E-state index contributed by atoms with van der Waals surface area (Å²) in [7, 11) is 1.35. The van der Waals surface area contributed by atoms with Gasteiger partial charge in [-0.3, -0.25) is 9.59 Å². The molecule has 1 saturated carbocycles. The number of nitrogens with zero attached hydrogens (tertiary/aromatic N) is 1. The topological polar surface area (TPSA) is 85.3 Å². The number of hydrogen-bond acceptors (Lipinski definition) is 6. The van der Waals surface area contributed by atoms with E-state index in [4.69, 9.17) is 9.47 Å². The van der Waals surface area contributed by atoms with Crippen LogP contribution < -0.4 is 9.47 Å². The van der Waals surface area contributed by atoms with Crippen LogP contribution in [0.25, 0.3) is 0 Å². The van der Waals surface area contributed by atoms with Crippen LogP contribution in [0.5, 0.6) is 17.2 Å². The van der Waals surface area contributed by atoms with Gasteiger partial charge in [0.1, 0.15) is 11.5 Å². The number of rotatable bonds is 8. The van der Waals surface area contributed by atoms with E-state index in [9.17, 15) is 19.1 Å². The van der Waals surface area contributed by atoms with Crippen molar-refractivity contribution in [2.45, 2.75) is 44.8 Å². The second-order valence-corrected chi connectivity index (χ2v) is 8.53. The van der Waals surface area contributed by atoms with Crippen LogP contribution in [-0.2, 0) is 16.1 Å². The fraction of sp³-hybridized carbons (Fsp3) is 0.440. The Morgan fingerprint density at radius 3 is 2.67 bits per heavy atom. The summed E-state index contributed by atoms with van der Waals surface area (Å²) >= 11 is 0. The Labute approximate surface area is 192 Å². The predicted octanol–water partition coefficient (Wildman–Crippen LogP) is 4.07. The molecule has 1 heterocycles. The molecule has 8 heteroatoms. The molecule has 0 aromatic heterocycles. The van der Waals surface area contributed by atoms with Crippen molar-refractivity contribution in [3.8, 4) is 17.2 Å². The van der Waals surface area contributed by atoms with Crippen LogP contribution >= 0.6 is 0 Å². The molecule has 4 rings (SSSR count). The molecular weight excluding hydrogens is 429 g/mol. The Kier molecular flexibility index (Phi) is 7.01. The quantitative estimate of drug-likeness (QED) is 0.602. The third-order valence-electron chi connectivity index (χ3n) is 6.25. The summed E-state index contributed by atoms with van der Waals surface area (Å²) in [6, 6.07) is 10.3. The molecule has 0 saturated heterocycles. The van der Waals surface area contributed by atoms with Crippen molar-refractivity contribution >= 4 is 11.9 Å². The zero-order valence-corrected chi connectivity index (χ0v) is 18.6. The number of aromatic hydroxyl groups is 1. The van der Waals surface area contributed by atoms with Crippen molar-refractivity contribution in [2.75, 3.05) is 20.3 Å². The minimum atomic E-state index is -0.825. The lowest BCUT2D eigenvalue weighted by Crippen LogP contribution is -2.34. The van der Waals surface area contributed by atoms with Gasteiger partial charge in [-0.2, -0.15) is 0 Å². The number of phenols is 1. The van der Waals surface area contributed by atoms with Gasteiger partial charge in [-0.25, -0.2) is 4.39 Å². The lowest BCUT2D eigenvalue weighted by molar-refractivity contribution is -0.141. The summed E-state index contributed by atoms with van der Waals surface area (Å²) in [5.41, 5.74) is 0.627. The Morgan fingerprint density at radius 1 is 1.15 bits per heavy atom. The van der Waals surface area contributed by atoms with Crippen LogP contribution in [-0.4, -0.2) is 48.2 Å². The number of phenolic OH excluding ortho intramolecular Hbond substituents is 1. The number of benzene rings is 2. The number of ether oxygens (including phenoxy) is 3. The van der Waals surface area contributed by atoms with Gasteiger partial charge in [0.05, 0.1) is 31.8 Å². The summed E-state index contributed by atoms with van der Waals surface area (Å²) in [4.78, 5) is 25.5. The second-order valence-electron chi connectivity index (χ2n) is 8.53. The molecule has 176 valence electrons. The van der Waals surface area contributed by atoms with E-state index < -0.39 is 11.6 Å². The number of esters is 1. The van der Waals surface area contributed by atoms with Crippen molar-refractivity contribution in [3.05, 3.63) is 53.3 Å². The highest BCUT2D eigenvalue weighted by atomic mass is 19.1. The molecular formula is C25H28FNO6. The molecule has 7 nitrogen and oxygen atoms in total. The summed E-state index contributed by atoms with van der Waals surface area (Å²) in [6.45, 7) is 1.19. The van der Waals surface area contributed by atoms with Crippen LogP contribution in [0.1, 0.15) is 48.0 Å². The highest BCUT2D eigenvalue weighted by Gasteiger charge is 2.34. The van der Waals surface area contributed by atoms with E-state index in [0.717, 1.165) is 31.4 Å². The molecule has 0 radical (unpaired) electrons. The van der Waals surface area contributed by atoms with E-state index in [-0.39, 0.29) is 36.6 Å². The van der Waals surface area contributed by atoms with Crippen LogP contribution in [0, 0.1) is 11.7 Å². The molecule has 0 unspecified atom stereocenters. The van der Waals surface area contributed by atoms with Crippen LogP contribution in [0.2, 0.25) is 0 Å². The van der Waals surface area contributed by atoms with Crippen LogP contribution in [0.15, 0.2) is 36.4 Å². The van der Waals surface area contributed by atoms with Gasteiger partial charge in [0, 0.05) is 19.2 Å². The number of hydrogen-bond donors (Lipinski definition) is 1. The van der Waals surface area contributed by atoms with E-state index in [2.05, 4.69) is 4.74 Å². The number of amides is 1. The highest BCUT2D eigenvalue weighted by Crippen LogP contribution is 2.34. The first-order valence-corrected chi connectivity index (χ1v) is 11.2. The first kappa shape index (κ1) is 22.9. The van der Waals surface area contributed by atoms with Crippen LogP contribution in [0.4, 0.5) is 4.39 Å². The highest BCUT2D eigenvalue weighted by molar-refractivity contribution is 5.99. The summed E-state index contributed by atoms with van der Waals surface area (Å²) in [5.74, 6) is -0.298. The molecule has 1 amide bonds. The first-order chi connectivity index (χ1) is 15.9. The fourth-order valence-corrected chi connectivity index (χ4v) is 4.48. The summed E-state index contributed by atoms with van der Waals surface area (Å²) in [5, 5.41) is 9.57. The zero-order valence-electron chi connectivity index (χ0n) is 18.6. The van der Waals surface area contributed by atoms with Gasteiger partial charge in [0.15, 0.2) is 11.6 Å². The Hall–Kier alpha value is -3.29. The third kappa shape index (κ3) is 5.38. The maximum absolute atomic E-state index is 14.2. The molecule has 0 spiro atoms. The van der Waals surface area contributed by atoms with Gasteiger partial charge in [-0.15, -0.1) is 0 Å².